The number of piperidine rings is 1. The maximum absolute atomic E-state index is 12.7. The molecule has 1 saturated heterocycles. The van der Waals surface area contributed by atoms with Gasteiger partial charge in [0.05, 0.1) is 23.8 Å². The molecule has 1 amide bonds. The molecule has 0 radical (unpaired) electrons. The van der Waals surface area contributed by atoms with Crippen LogP contribution < -0.4 is 10.2 Å². The van der Waals surface area contributed by atoms with E-state index in [1.165, 1.54) is 12.1 Å². The molecule has 32 heavy (non-hydrogen) atoms. The zero-order chi connectivity index (χ0) is 21.8. The minimum atomic E-state index is -0.246. The summed E-state index contributed by atoms with van der Waals surface area (Å²) in [6.07, 6.45) is 6.43. The maximum atomic E-state index is 12.7. The van der Waals surface area contributed by atoms with Gasteiger partial charge in [-0.3, -0.25) is 4.79 Å². The normalized spacial score (nSPS) is 23.3. The van der Waals surface area contributed by atoms with Crippen LogP contribution in [0.1, 0.15) is 64.7 Å². The van der Waals surface area contributed by atoms with Crippen LogP contribution in [-0.2, 0) is 26.3 Å². The van der Waals surface area contributed by atoms with Crippen molar-refractivity contribution in [2.45, 2.75) is 45.1 Å². The predicted molar refractivity (Wildman–Crippen MR) is 118 cm³/mol. The summed E-state index contributed by atoms with van der Waals surface area (Å²) in [5.74, 6) is 2.85. The highest BCUT2D eigenvalue weighted by atomic mass is 16.5. The van der Waals surface area contributed by atoms with Crippen molar-refractivity contribution in [1.82, 2.24) is 25.0 Å². The van der Waals surface area contributed by atoms with Gasteiger partial charge in [0.15, 0.2) is 0 Å². The van der Waals surface area contributed by atoms with E-state index in [2.05, 4.69) is 39.4 Å². The Balaban J connectivity index is 1.13. The number of aryl methyl sites for hydroxylation is 2. The number of pyridine rings is 1. The highest BCUT2D eigenvalue weighted by Crippen LogP contribution is 2.46. The van der Waals surface area contributed by atoms with E-state index in [9.17, 15) is 4.79 Å². The molecule has 0 aromatic carbocycles. The Bertz CT molecular complexity index is 1170. The van der Waals surface area contributed by atoms with Gasteiger partial charge >= 0.3 is 0 Å². The van der Waals surface area contributed by atoms with Crippen LogP contribution in [0.4, 0.5) is 5.82 Å². The lowest BCUT2D eigenvalue weighted by molar-refractivity contribution is 0.0898. The Morgan fingerprint density at radius 3 is 2.94 bits per heavy atom. The van der Waals surface area contributed by atoms with Crippen LogP contribution in [0, 0.1) is 11.8 Å². The van der Waals surface area contributed by atoms with Crippen LogP contribution in [0.2, 0.25) is 0 Å². The monoisotopic (exact) mass is 432 g/mol. The third kappa shape index (κ3) is 3.38. The molecular formula is C24H28N6O2. The molecule has 8 nitrogen and oxygen atoms in total. The smallest absolute Gasteiger partial charge is 0.290 e. The van der Waals surface area contributed by atoms with Crippen LogP contribution in [-0.4, -0.2) is 38.7 Å². The number of amides is 1. The second-order valence-electron chi connectivity index (χ2n) is 9.40. The minimum Gasteiger partial charge on any atom is -0.356 e. The molecule has 2 fully saturated rings. The zero-order valence-electron chi connectivity index (χ0n) is 18.5. The molecule has 8 heteroatoms. The fourth-order valence-electron chi connectivity index (χ4n) is 5.30. The maximum Gasteiger partial charge on any atom is 0.290 e. The number of carbonyl (C=O) groups excluding carboxylic acids is 1. The van der Waals surface area contributed by atoms with Crippen molar-refractivity contribution >= 4 is 11.7 Å². The minimum absolute atomic E-state index is 0.0766. The molecule has 2 aliphatic carbocycles. The zero-order valence-corrected chi connectivity index (χ0v) is 18.5. The van der Waals surface area contributed by atoms with Crippen LogP contribution in [0.3, 0.4) is 0 Å². The largest absolute Gasteiger partial charge is 0.356 e. The molecule has 0 bridgehead atoms. The average molecular weight is 433 g/mol. The van der Waals surface area contributed by atoms with Gasteiger partial charge in [0.2, 0.25) is 5.76 Å². The summed E-state index contributed by atoms with van der Waals surface area (Å²) in [4.78, 5) is 24.5. The number of anilines is 1. The predicted octanol–water partition coefficient (Wildman–Crippen LogP) is 2.83. The lowest BCUT2D eigenvalue weighted by Gasteiger charge is -2.20. The highest BCUT2D eigenvalue weighted by molar-refractivity contribution is 5.91. The Labute approximate surface area is 187 Å². The highest BCUT2D eigenvalue weighted by Gasteiger charge is 2.45. The molecule has 1 N–H and O–H groups in total. The molecule has 166 valence electrons. The molecule has 3 atom stereocenters. The topological polar surface area (TPSA) is 89.1 Å². The second kappa shape index (κ2) is 7.46. The van der Waals surface area contributed by atoms with Gasteiger partial charge in [-0.1, -0.05) is 18.1 Å². The van der Waals surface area contributed by atoms with E-state index in [0.29, 0.717) is 6.42 Å². The van der Waals surface area contributed by atoms with Gasteiger partial charge in [0.1, 0.15) is 5.82 Å². The van der Waals surface area contributed by atoms with Crippen molar-refractivity contribution in [3.8, 4) is 0 Å². The number of aromatic nitrogens is 4. The fourth-order valence-corrected chi connectivity index (χ4v) is 5.30. The first-order valence-corrected chi connectivity index (χ1v) is 11.6. The van der Waals surface area contributed by atoms with Crippen molar-refractivity contribution in [3.05, 3.63) is 58.6 Å². The van der Waals surface area contributed by atoms with Gasteiger partial charge in [-0.05, 0) is 49.1 Å². The van der Waals surface area contributed by atoms with Gasteiger partial charge in [0.25, 0.3) is 5.91 Å². The van der Waals surface area contributed by atoms with E-state index >= 15 is 0 Å². The lowest BCUT2D eigenvalue weighted by Crippen LogP contribution is -2.27. The first kappa shape index (κ1) is 19.5. The van der Waals surface area contributed by atoms with Crippen molar-refractivity contribution < 1.29 is 9.32 Å². The van der Waals surface area contributed by atoms with Crippen LogP contribution >= 0.6 is 0 Å². The average Bonchev–Trinajstić information content (AvgIpc) is 3.27. The number of hydrogen-bond acceptors (Lipinski definition) is 6. The van der Waals surface area contributed by atoms with Crippen LogP contribution in [0.25, 0.3) is 0 Å². The van der Waals surface area contributed by atoms with E-state index in [1.54, 1.807) is 12.4 Å². The van der Waals surface area contributed by atoms with E-state index in [-0.39, 0.29) is 17.7 Å². The van der Waals surface area contributed by atoms with Gasteiger partial charge in [-0.25, -0.2) is 9.97 Å². The number of rotatable bonds is 6. The van der Waals surface area contributed by atoms with Gasteiger partial charge in [0, 0.05) is 44.0 Å². The Morgan fingerprint density at radius 1 is 1.28 bits per heavy atom. The SMILES string of the molecule is CCc1nc(N2CC3CC3C2)ccc1Cc1cc(C(=O)N[C@@H]2CCc3c2ncn3C)on1. The molecule has 3 aromatic rings. The first-order valence-electron chi connectivity index (χ1n) is 11.6. The summed E-state index contributed by atoms with van der Waals surface area (Å²) in [6.45, 7) is 4.41. The van der Waals surface area contributed by atoms with Crippen molar-refractivity contribution in [2.75, 3.05) is 18.0 Å². The Morgan fingerprint density at radius 2 is 2.12 bits per heavy atom. The molecular weight excluding hydrogens is 404 g/mol. The molecule has 3 aromatic heterocycles. The number of nitrogens with one attached hydrogen (secondary N) is 1. The summed E-state index contributed by atoms with van der Waals surface area (Å²) < 4.78 is 7.40. The number of hydrogen-bond donors (Lipinski definition) is 1. The number of nitrogens with zero attached hydrogens (tertiary/aromatic N) is 5. The van der Waals surface area contributed by atoms with Gasteiger partial charge in [-0.15, -0.1) is 0 Å². The van der Waals surface area contributed by atoms with Crippen LogP contribution in [0.5, 0.6) is 0 Å². The van der Waals surface area contributed by atoms with Crippen molar-refractivity contribution in [1.29, 1.82) is 0 Å². The third-order valence-electron chi connectivity index (χ3n) is 7.24. The summed E-state index contributed by atoms with van der Waals surface area (Å²) >= 11 is 0. The summed E-state index contributed by atoms with van der Waals surface area (Å²) in [7, 11) is 1.98. The van der Waals surface area contributed by atoms with Crippen molar-refractivity contribution in [2.24, 2.45) is 18.9 Å². The van der Waals surface area contributed by atoms with E-state index in [0.717, 1.165) is 72.7 Å². The molecule has 4 heterocycles. The quantitative estimate of drug-likeness (QED) is 0.644. The molecule has 1 aliphatic heterocycles. The van der Waals surface area contributed by atoms with Crippen molar-refractivity contribution in [3.63, 3.8) is 0 Å². The van der Waals surface area contributed by atoms with E-state index in [1.807, 2.05) is 11.6 Å². The standard InChI is InChI=1S/C24H28N6O2/c1-3-18-14(4-7-22(26-18)30-11-15-8-16(15)12-30)9-17-10-21(32-28-17)24(31)27-19-5-6-20-23(19)25-13-29(20)2/h4,7,10,13,15-16,19H,3,5-6,8-9,11-12H2,1-2H3,(H,27,31)/t15?,16?,19-/m1/s1. The van der Waals surface area contributed by atoms with E-state index < -0.39 is 0 Å². The number of imidazole rings is 1. The summed E-state index contributed by atoms with van der Waals surface area (Å²) in [6, 6.07) is 5.94. The summed E-state index contributed by atoms with van der Waals surface area (Å²) in [5, 5.41) is 7.20. The molecule has 0 spiro atoms. The summed E-state index contributed by atoms with van der Waals surface area (Å²) in [5.41, 5.74) is 5.10. The number of fused-ring (bicyclic) bond motifs is 2. The molecule has 6 rings (SSSR count). The van der Waals surface area contributed by atoms with Crippen LogP contribution in [0.15, 0.2) is 29.0 Å². The molecule has 3 aliphatic rings. The van der Waals surface area contributed by atoms with E-state index in [4.69, 9.17) is 9.51 Å². The third-order valence-corrected chi connectivity index (χ3v) is 7.24. The Kier molecular flexibility index (Phi) is 4.55. The van der Waals surface area contributed by atoms with Gasteiger partial charge < -0.3 is 19.3 Å². The molecule has 2 unspecified atom stereocenters. The first-order chi connectivity index (χ1) is 15.6. The fraction of sp³-hybridized carbons (Fsp3) is 0.500. The second-order valence-corrected chi connectivity index (χ2v) is 9.40. The molecule has 1 saturated carbocycles. The number of carbonyl (C=O) groups is 1. The van der Waals surface area contributed by atoms with Gasteiger partial charge in [-0.2, -0.15) is 0 Å². The Hall–Kier alpha value is -3.16. The lowest BCUT2D eigenvalue weighted by atomic mass is 10.1.